The molecule has 184 valence electrons. The molecule has 1 fully saturated rings. The number of piperazine rings is 1. The Balaban J connectivity index is 1.72. The number of anilines is 2. The minimum atomic E-state index is -0.278. The van der Waals surface area contributed by atoms with Crippen LogP contribution in [-0.4, -0.2) is 67.7 Å². The number of rotatable bonds is 5. The van der Waals surface area contributed by atoms with E-state index < -0.39 is 0 Å². The van der Waals surface area contributed by atoms with Gasteiger partial charge in [0.25, 0.3) is 0 Å². The molecule has 2 aromatic rings. The number of hydrogen-bond acceptors (Lipinski definition) is 8. The number of amidine groups is 2. The van der Waals surface area contributed by atoms with Gasteiger partial charge in [0.2, 0.25) is 0 Å². The Bertz CT molecular complexity index is 1160. The number of phenols is 1. The van der Waals surface area contributed by atoms with Crippen LogP contribution in [-0.2, 0) is 0 Å². The summed E-state index contributed by atoms with van der Waals surface area (Å²) in [4.78, 5) is 10.2. The molecule has 2 aliphatic heterocycles. The largest absolute Gasteiger partial charge is 0.872 e. The lowest BCUT2D eigenvalue weighted by Crippen LogP contribution is -2.44. The second kappa shape index (κ2) is 10.2. The molecule has 35 heavy (non-hydrogen) atoms. The Morgan fingerprint density at radius 3 is 2.37 bits per heavy atom. The molecule has 0 bridgehead atoms. The molecule has 2 heterocycles. The summed E-state index contributed by atoms with van der Waals surface area (Å²) in [5.74, 6) is -0.685. The predicted molar refractivity (Wildman–Crippen MR) is 139 cm³/mol. The molecule has 2 aliphatic rings. The molecule has 0 unspecified atom stereocenters. The zero-order valence-corrected chi connectivity index (χ0v) is 20.4. The molecule has 2 aromatic carbocycles. The highest BCUT2D eigenvalue weighted by atomic mass is 16.3. The Labute approximate surface area is 206 Å². The summed E-state index contributed by atoms with van der Waals surface area (Å²) in [5, 5.41) is 44.0. The minimum absolute atomic E-state index is 0.0240. The van der Waals surface area contributed by atoms with Gasteiger partial charge in [0.05, 0.1) is 24.0 Å². The summed E-state index contributed by atoms with van der Waals surface area (Å²) in [5.41, 5.74) is 2.86. The predicted octanol–water partition coefficient (Wildman–Crippen LogP) is 2.67. The number of aromatic hydroxyl groups is 1. The second-order valence-electron chi connectivity index (χ2n) is 9.16. The minimum Gasteiger partial charge on any atom is -0.872 e. The van der Waals surface area contributed by atoms with Gasteiger partial charge in [-0.05, 0) is 49.4 Å². The van der Waals surface area contributed by atoms with Gasteiger partial charge in [-0.15, -0.1) is 5.75 Å². The summed E-state index contributed by atoms with van der Waals surface area (Å²) in [6.45, 7) is 8.14. The fourth-order valence-corrected chi connectivity index (χ4v) is 4.24. The highest BCUT2D eigenvalue weighted by molar-refractivity contribution is 6.28. The van der Waals surface area contributed by atoms with Crippen molar-refractivity contribution < 1.29 is 10.2 Å². The first-order chi connectivity index (χ1) is 16.8. The van der Waals surface area contributed by atoms with E-state index in [1.807, 2.05) is 38.1 Å². The van der Waals surface area contributed by atoms with Gasteiger partial charge in [-0.2, -0.15) is 0 Å². The van der Waals surface area contributed by atoms with Gasteiger partial charge in [0, 0.05) is 43.8 Å². The average molecular weight is 475 g/mol. The topological polar surface area (TPSA) is 125 Å². The summed E-state index contributed by atoms with van der Waals surface area (Å²) in [7, 11) is 2.12. The third-order valence-corrected chi connectivity index (χ3v) is 6.38. The lowest BCUT2D eigenvalue weighted by atomic mass is 9.98. The third-order valence-electron chi connectivity index (χ3n) is 6.38. The molecule has 0 aromatic heterocycles. The van der Waals surface area contributed by atoms with Crippen LogP contribution < -0.4 is 20.2 Å². The van der Waals surface area contributed by atoms with Crippen LogP contribution in [0.25, 0.3) is 0 Å². The Kier molecular flexibility index (Phi) is 7.07. The van der Waals surface area contributed by atoms with Crippen LogP contribution in [0.5, 0.6) is 11.5 Å². The molecule has 0 spiro atoms. The van der Waals surface area contributed by atoms with Crippen LogP contribution in [0, 0.1) is 10.8 Å². The van der Waals surface area contributed by atoms with Gasteiger partial charge < -0.3 is 25.3 Å². The van der Waals surface area contributed by atoms with Crippen molar-refractivity contribution >= 4 is 29.3 Å². The molecular weight excluding hydrogens is 442 g/mol. The molecule has 0 amide bonds. The monoisotopic (exact) mass is 474 g/mol. The van der Waals surface area contributed by atoms with Crippen molar-refractivity contribution in [3.8, 4) is 11.5 Å². The summed E-state index contributed by atoms with van der Waals surface area (Å²) in [6, 6.07) is 10.5. The number of hydrogen-bond donors (Lipinski definition) is 4. The molecular formula is C26H32N7O2-. The summed E-state index contributed by atoms with van der Waals surface area (Å²) in [6.07, 6.45) is 3.25. The van der Waals surface area contributed by atoms with Crippen LogP contribution in [0.15, 0.2) is 53.3 Å². The SMILES string of the molecule is CC(C)c1cc(C(=N)N(C(=N)C2=CN=CCN2)c2ccc(N3CCN(C)CC3)cc2)c(O)cc1[O-]. The molecule has 9 nitrogen and oxygen atoms in total. The maximum Gasteiger partial charge on any atom is 0.156 e. The number of likely N-dealkylation sites (N-methyl/N-ethyl adjacent to an activating group) is 1. The fourth-order valence-electron chi connectivity index (χ4n) is 4.24. The zero-order valence-electron chi connectivity index (χ0n) is 20.4. The highest BCUT2D eigenvalue weighted by Crippen LogP contribution is 2.33. The Morgan fingerprint density at radius 2 is 1.77 bits per heavy atom. The third kappa shape index (κ3) is 5.14. The second-order valence-corrected chi connectivity index (χ2v) is 9.16. The quantitative estimate of drug-likeness (QED) is 0.390. The lowest BCUT2D eigenvalue weighted by molar-refractivity contribution is -0.269. The maximum absolute atomic E-state index is 12.4. The van der Waals surface area contributed by atoms with Crippen LogP contribution in [0.4, 0.5) is 11.4 Å². The first-order valence-corrected chi connectivity index (χ1v) is 11.8. The molecule has 0 saturated carbocycles. The molecule has 1 saturated heterocycles. The van der Waals surface area contributed by atoms with Gasteiger partial charge in [-0.25, -0.2) is 0 Å². The van der Waals surface area contributed by atoms with E-state index in [1.165, 1.54) is 4.90 Å². The van der Waals surface area contributed by atoms with E-state index in [1.54, 1.807) is 18.5 Å². The average Bonchev–Trinajstić information content (AvgIpc) is 2.85. The van der Waals surface area contributed by atoms with Crippen molar-refractivity contribution in [3.63, 3.8) is 0 Å². The first kappa shape index (κ1) is 24.3. The van der Waals surface area contributed by atoms with E-state index >= 15 is 0 Å². The molecule has 0 aliphatic carbocycles. The zero-order chi connectivity index (χ0) is 25.1. The van der Waals surface area contributed by atoms with Gasteiger partial charge >= 0.3 is 0 Å². The highest BCUT2D eigenvalue weighted by Gasteiger charge is 2.25. The van der Waals surface area contributed by atoms with Crippen LogP contribution in [0.2, 0.25) is 0 Å². The molecule has 4 N–H and O–H groups in total. The molecule has 0 atom stereocenters. The molecule has 0 radical (unpaired) electrons. The van der Waals surface area contributed by atoms with Crippen molar-refractivity contribution in [1.82, 2.24) is 10.2 Å². The van der Waals surface area contributed by atoms with Crippen LogP contribution in [0.1, 0.15) is 30.9 Å². The smallest absolute Gasteiger partial charge is 0.156 e. The number of nitrogens with one attached hydrogen (secondary N) is 3. The van der Waals surface area contributed by atoms with Crippen molar-refractivity contribution in [2.24, 2.45) is 4.99 Å². The van der Waals surface area contributed by atoms with Crippen molar-refractivity contribution in [2.75, 3.05) is 49.6 Å². The Morgan fingerprint density at radius 1 is 1.09 bits per heavy atom. The van der Waals surface area contributed by atoms with Crippen molar-refractivity contribution in [3.05, 3.63) is 59.4 Å². The summed E-state index contributed by atoms with van der Waals surface area (Å²) >= 11 is 0. The Hall–Kier alpha value is -3.85. The normalized spacial score (nSPS) is 16.1. The maximum atomic E-state index is 12.4. The number of aliphatic imine (C=N–C) groups is 1. The van der Waals surface area contributed by atoms with Gasteiger partial charge in [0.1, 0.15) is 11.6 Å². The van der Waals surface area contributed by atoms with E-state index in [0.29, 0.717) is 23.5 Å². The lowest BCUT2D eigenvalue weighted by Gasteiger charge is -2.34. The first-order valence-electron chi connectivity index (χ1n) is 11.8. The van der Waals surface area contributed by atoms with Crippen molar-refractivity contribution in [1.29, 1.82) is 10.8 Å². The molecule has 9 heteroatoms. The van der Waals surface area contributed by atoms with Crippen LogP contribution in [0.3, 0.4) is 0 Å². The summed E-state index contributed by atoms with van der Waals surface area (Å²) < 4.78 is 0. The molecule has 4 rings (SSSR count). The van der Waals surface area contributed by atoms with E-state index in [9.17, 15) is 10.2 Å². The number of nitrogens with zero attached hydrogens (tertiary/aromatic N) is 4. The van der Waals surface area contributed by atoms with Gasteiger partial charge in [0.15, 0.2) is 5.84 Å². The van der Waals surface area contributed by atoms with Gasteiger partial charge in [-0.3, -0.25) is 20.7 Å². The van der Waals surface area contributed by atoms with Crippen LogP contribution >= 0.6 is 0 Å². The van der Waals surface area contributed by atoms with E-state index in [2.05, 4.69) is 27.2 Å². The number of benzene rings is 2. The van der Waals surface area contributed by atoms with E-state index in [4.69, 9.17) is 10.8 Å². The fraction of sp³-hybridized carbons (Fsp3) is 0.346. The van der Waals surface area contributed by atoms with E-state index in [0.717, 1.165) is 37.9 Å². The van der Waals surface area contributed by atoms with Gasteiger partial charge in [-0.1, -0.05) is 19.4 Å². The van der Waals surface area contributed by atoms with Crippen molar-refractivity contribution in [2.45, 2.75) is 19.8 Å². The standard InChI is InChI=1S/C26H33N7O2/c1-17(2)20-14-21(24(35)15-23(20)34)25(27)33(26(28)22-16-29-8-9-30-22)19-6-4-18(5-7-19)32-12-10-31(3)11-13-32/h4-8,14-17,27-28,30,34-35H,9-13H2,1-3H3/p-1. The van der Waals surface area contributed by atoms with E-state index in [-0.39, 0.29) is 34.7 Å². The number of phenolic OH excluding ortho intramolecular Hbond substituents is 1.